The third-order valence-corrected chi connectivity index (χ3v) is 10.5. The molecule has 3 amide bonds. The molecule has 0 bridgehead atoms. The molecule has 52 heavy (non-hydrogen) atoms. The van der Waals surface area contributed by atoms with Gasteiger partial charge in [-0.05, 0) is 69.7 Å². The fourth-order valence-corrected chi connectivity index (χ4v) is 7.63. The largest absolute Gasteiger partial charge is 0.444 e. The maximum Gasteiger partial charge on any atom is 0.410 e. The number of amides is 3. The van der Waals surface area contributed by atoms with Crippen LogP contribution < -0.4 is 10.2 Å². The van der Waals surface area contributed by atoms with Gasteiger partial charge in [0.15, 0.2) is 11.6 Å². The van der Waals surface area contributed by atoms with Crippen LogP contribution in [0.25, 0.3) is 11.1 Å². The second-order valence-electron chi connectivity index (χ2n) is 16.0. The number of carbonyl (C=O) groups is 3. The number of hydrogen-bond acceptors (Lipinski definition) is 8. The number of aromatic nitrogens is 1. The molecule has 0 radical (unpaired) electrons. The number of aliphatic hydroxyl groups excluding tert-OH is 1. The average molecular weight is 722 g/mol. The molecule has 0 unspecified atom stereocenters. The molecule has 6 rings (SSSR count). The van der Waals surface area contributed by atoms with Crippen LogP contribution in [0.15, 0.2) is 53.1 Å². The van der Waals surface area contributed by atoms with Gasteiger partial charge in [0, 0.05) is 50.6 Å². The maximum absolute atomic E-state index is 14.3. The fraction of sp³-hybridized carbons (Fsp3) is 0.538. The van der Waals surface area contributed by atoms with E-state index in [0.717, 1.165) is 25.9 Å². The first-order valence-corrected chi connectivity index (χ1v) is 18.1. The molecule has 13 heteroatoms. The van der Waals surface area contributed by atoms with Crippen LogP contribution in [0.1, 0.15) is 84.1 Å². The summed E-state index contributed by atoms with van der Waals surface area (Å²) in [5.74, 6) is -1.94. The van der Waals surface area contributed by atoms with Crippen molar-refractivity contribution in [3.8, 4) is 11.1 Å². The van der Waals surface area contributed by atoms with Crippen LogP contribution in [0.3, 0.4) is 0 Å². The minimum absolute atomic E-state index is 0.00732. The number of hydrogen-bond donors (Lipinski definition) is 2. The average Bonchev–Trinajstić information content (AvgIpc) is 3.70. The summed E-state index contributed by atoms with van der Waals surface area (Å²) in [4.78, 5) is 45.6. The lowest BCUT2D eigenvalue weighted by Crippen LogP contribution is -2.61. The second kappa shape index (κ2) is 14.5. The third kappa shape index (κ3) is 7.79. The minimum atomic E-state index is -0.901. The number of benzene rings is 2. The molecule has 1 spiro atoms. The minimum Gasteiger partial charge on any atom is -0.444 e. The van der Waals surface area contributed by atoms with E-state index in [1.165, 1.54) is 23.1 Å². The summed E-state index contributed by atoms with van der Waals surface area (Å²) in [6.07, 6.45) is 0.652. The highest BCUT2D eigenvalue weighted by molar-refractivity contribution is 5.91. The van der Waals surface area contributed by atoms with Crippen molar-refractivity contribution in [3.05, 3.63) is 71.5 Å². The van der Waals surface area contributed by atoms with Gasteiger partial charge in [-0.1, -0.05) is 49.3 Å². The molecule has 2 aromatic carbocycles. The number of piperidine rings is 1. The van der Waals surface area contributed by atoms with Crippen LogP contribution in [0.4, 0.5) is 19.4 Å². The first kappa shape index (κ1) is 37.2. The number of likely N-dealkylation sites (tertiary alicyclic amines) is 2. The normalized spacial score (nSPS) is 21.2. The van der Waals surface area contributed by atoms with Crippen molar-refractivity contribution in [1.29, 1.82) is 0 Å². The second-order valence-corrected chi connectivity index (χ2v) is 16.0. The van der Waals surface area contributed by atoms with Crippen LogP contribution >= 0.6 is 0 Å². The zero-order valence-electron chi connectivity index (χ0n) is 30.7. The summed E-state index contributed by atoms with van der Waals surface area (Å²) in [5.41, 5.74) is 0.503. The smallest absolute Gasteiger partial charge is 0.410 e. The predicted molar refractivity (Wildman–Crippen MR) is 190 cm³/mol. The Morgan fingerprint density at radius 3 is 2.25 bits per heavy atom. The topological polar surface area (TPSA) is 128 Å². The monoisotopic (exact) mass is 721 g/mol. The van der Waals surface area contributed by atoms with Gasteiger partial charge in [0.05, 0.1) is 17.7 Å². The van der Waals surface area contributed by atoms with Crippen LogP contribution in [-0.4, -0.2) is 88.4 Å². The summed E-state index contributed by atoms with van der Waals surface area (Å²) in [6, 6.07) is 10.7. The predicted octanol–water partition coefficient (Wildman–Crippen LogP) is 6.04. The van der Waals surface area contributed by atoms with Crippen LogP contribution in [0.5, 0.6) is 0 Å². The van der Waals surface area contributed by atoms with Crippen molar-refractivity contribution in [2.75, 3.05) is 37.6 Å². The summed E-state index contributed by atoms with van der Waals surface area (Å²) < 4.78 is 39.9. The Kier molecular flexibility index (Phi) is 10.4. The molecule has 0 aliphatic carbocycles. The van der Waals surface area contributed by atoms with E-state index < -0.39 is 47.2 Å². The first-order chi connectivity index (χ1) is 24.5. The van der Waals surface area contributed by atoms with Crippen molar-refractivity contribution >= 4 is 23.7 Å². The van der Waals surface area contributed by atoms with Gasteiger partial charge >= 0.3 is 6.09 Å². The van der Waals surface area contributed by atoms with Gasteiger partial charge in [-0.25, -0.2) is 13.6 Å². The molecule has 2 N–H and O–H groups in total. The summed E-state index contributed by atoms with van der Waals surface area (Å²) in [6.45, 7) is 14.0. The number of carbonyl (C=O) groups excluding carboxylic acids is 3. The van der Waals surface area contributed by atoms with Gasteiger partial charge in [-0.3, -0.25) is 9.59 Å². The molecule has 280 valence electrons. The highest BCUT2D eigenvalue weighted by atomic mass is 19.1. The highest BCUT2D eigenvalue weighted by Crippen LogP contribution is 2.43. The molecule has 4 atom stereocenters. The van der Waals surface area contributed by atoms with Crippen molar-refractivity contribution < 1.29 is 37.5 Å². The van der Waals surface area contributed by atoms with E-state index in [-0.39, 0.29) is 41.9 Å². The third-order valence-electron chi connectivity index (χ3n) is 10.5. The van der Waals surface area contributed by atoms with Gasteiger partial charge < -0.3 is 34.4 Å². The van der Waals surface area contributed by atoms with E-state index in [9.17, 15) is 28.3 Å². The van der Waals surface area contributed by atoms with E-state index in [4.69, 9.17) is 9.26 Å². The zero-order chi connectivity index (χ0) is 37.5. The van der Waals surface area contributed by atoms with Crippen LogP contribution in [0.2, 0.25) is 0 Å². The number of ether oxygens (including phenoxy) is 1. The molecule has 0 saturated carbocycles. The fourth-order valence-electron chi connectivity index (χ4n) is 7.63. The van der Waals surface area contributed by atoms with E-state index in [2.05, 4.69) is 15.4 Å². The van der Waals surface area contributed by atoms with Crippen LogP contribution in [0, 0.1) is 23.0 Å². The van der Waals surface area contributed by atoms with Gasteiger partial charge in [0.25, 0.3) is 0 Å². The molecule has 4 heterocycles. The first-order valence-electron chi connectivity index (χ1n) is 18.1. The number of β-amino-alcohol motifs (C(OH)–C–C–N with tert-alkyl or cyclic N) is 1. The number of nitrogens with zero attached hydrogens (tertiary/aromatic N) is 4. The lowest BCUT2D eigenvalue weighted by Gasteiger charge is -2.53. The lowest BCUT2D eigenvalue weighted by molar-refractivity contribution is -0.141. The molecule has 3 aliphatic rings. The quantitative estimate of drug-likeness (QED) is 0.289. The molecule has 3 aliphatic heterocycles. The van der Waals surface area contributed by atoms with Gasteiger partial charge in [0.2, 0.25) is 11.8 Å². The molecule has 3 saturated heterocycles. The summed E-state index contributed by atoms with van der Waals surface area (Å²) in [7, 11) is 0. The zero-order valence-corrected chi connectivity index (χ0v) is 30.7. The van der Waals surface area contributed by atoms with E-state index in [0.29, 0.717) is 35.8 Å². The molecular weight excluding hydrogens is 672 g/mol. The van der Waals surface area contributed by atoms with Gasteiger partial charge in [-0.15, -0.1) is 0 Å². The van der Waals surface area contributed by atoms with Gasteiger partial charge in [0.1, 0.15) is 29.2 Å². The Morgan fingerprint density at radius 2 is 1.65 bits per heavy atom. The molecule has 3 aromatic rings. The highest BCUT2D eigenvalue weighted by Gasteiger charge is 2.48. The Balaban J connectivity index is 1.07. The molecular formula is C39H49F2N5O6. The Hall–Kier alpha value is -4.52. The number of aliphatic hydroxyl groups is 1. The SMILES string of the molecule is CC(C)[C@@H](C(=O)N1C[C@H](O)C[C@H]1C(=O)N[C@@H](C)c1ccc(-c2c(F)cccc2F)cc1)c1cc(N2CC3(CCN(C(=O)OC(C)(C)C)CC3)C2)no1. The Bertz CT molecular complexity index is 1750. The number of rotatable bonds is 8. The molecule has 3 fully saturated rings. The van der Waals surface area contributed by atoms with E-state index >= 15 is 0 Å². The van der Waals surface area contributed by atoms with Crippen molar-refractivity contribution in [1.82, 2.24) is 20.3 Å². The Morgan fingerprint density at radius 1 is 1.02 bits per heavy atom. The summed E-state index contributed by atoms with van der Waals surface area (Å²) >= 11 is 0. The van der Waals surface area contributed by atoms with Crippen molar-refractivity contribution in [2.24, 2.45) is 11.3 Å². The number of halogens is 2. The van der Waals surface area contributed by atoms with E-state index in [1.807, 2.05) is 34.6 Å². The molecule has 11 nitrogen and oxygen atoms in total. The van der Waals surface area contributed by atoms with Crippen LogP contribution in [-0.2, 0) is 14.3 Å². The molecule has 1 aromatic heterocycles. The summed E-state index contributed by atoms with van der Waals surface area (Å²) in [5, 5.41) is 17.9. The van der Waals surface area contributed by atoms with E-state index in [1.54, 1.807) is 42.2 Å². The standard InChI is InChI=1S/C39H49F2N5O6/c1-23(2)33(31-19-32(43-52-31)45-21-39(22-45)14-16-44(17-15-39)37(50)51-38(4,5)6)36(49)46-20-27(47)18-30(46)35(48)42-24(3)25-10-12-26(13-11-25)34-28(40)8-7-9-29(34)41/h7-13,19,23-24,27,30,33,47H,14-18,20-22H2,1-6H3,(H,42,48)/t24-,27+,30-,33+/m0/s1. The van der Waals surface area contributed by atoms with Crippen molar-refractivity contribution in [3.63, 3.8) is 0 Å². The van der Waals surface area contributed by atoms with Crippen molar-refractivity contribution in [2.45, 2.75) is 90.5 Å². The lowest BCUT2D eigenvalue weighted by atomic mass is 9.72. The number of anilines is 1. The van der Waals surface area contributed by atoms with Gasteiger partial charge in [-0.2, -0.15) is 0 Å². The maximum atomic E-state index is 14.3. The Labute approximate surface area is 303 Å². The number of nitrogens with one attached hydrogen (secondary N) is 1.